The Morgan fingerprint density at radius 1 is 1.29 bits per heavy atom. The van der Waals surface area contributed by atoms with Gasteiger partial charge in [0.1, 0.15) is 0 Å². The lowest BCUT2D eigenvalue weighted by atomic mass is 10.3. The van der Waals surface area contributed by atoms with E-state index < -0.39 is 0 Å². The molecular weight excluding hydrogens is 379 g/mol. The minimum atomic E-state index is 0. The molecule has 1 aromatic heterocycles. The van der Waals surface area contributed by atoms with Crippen molar-refractivity contribution in [3.05, 3.63) is 23.9 Å². The van der Waals surface area contributed by atoms with E-state index >= 15 is 0 Å². The number of halogens is 1. The van der Waals surface area contributed by atoms with Gasteiger partial charge in [0, 0.05) is 40.5 Å². The van der Waals surface area contributed by atoms with Gasteiger partial charge in [-0.1, -0.05) is 0 Å². The highest BCUT2D eigenvalue weighted by molar-refractivity contribution is 14.0. The SMILES string of the molecule is CN(C)C(=NCc1ccnc(OCC2CC2)c1)N(C)C.I. The summed E-state index contributed by atoms with van der Waals surface area (Å²) < 4.78 is 5.69. The second-order valence-corrected chi connectivity index (χ2v) is 5.66. The lowest BCUT2D eigenvalue weighted by Crippen LogP contribution is -2.35. The Balaban J connectivity index is 0.00000220. The van der Waals surface area contributed by atoms with E-state index in [2.05, 4.69) is 9.98 Å². The van der Waals surface area contributed by atoms with Gasteiger partial charge >= 0.3 is 0 Å². The van der Waals surface area contributed by atoms with Gasteiger partial charge in [0.25, 0.3) is 0 Å². The highest BCUT2D eigenvalue weighted by Crippen LogP contribution is 2.29. The molecule has 1 aliphatic rings. The topological polar surface area (TPSA) is 41.0 Å². The van der Waals surface area contributed by atoms with Crippen molar-refractivity contribution in [2.45, 2.75) is 19.4 Å². The van der Waals surface area contributed by atoms with Gasteiger partial charge in [-0.3, -0.25) is 0 Å². The molecule has 1 aliphatic carbocycles. The first-order chi connectivity index (χ1) is 9.56. The molecule has 1 saturated carbocycles. The van der Waals surface area contributed by atoms with Gasteiger partial charge in [-0.15, -0.1) is 24.0 Å². The van der Waals surface area contributed by atoms with Gasteiger partial charge in [0.2, 0.25) is 5.88 Å². The minimum Gasteiger partial charge on any atom is -0.477 e. The normalized spacial score (nSPS) is 13.1. The van der Waals surface area contributed by atoms with Gasteiger partial charge < -0.3 is 14.5 Å². The van der Waals surface area contributed by atoms with Crippen LogP contribution in [0.3, 0.4) is 0 Å². The van der Waals surface area contributed by atoms with Crippen LogP contribution in [-0.4, -0.2) is 55.5 Å². The van der Waals surface area contributed by atoms with Gasteiger partial charge in [-0.05, 0) is 30.4 Å². The molecule has 6 heteroatoms. The summed E-state index contributed by atoms with van der Waals surface area (Å²) in [6.07, 6.45) is 4.37. The van der Waals surface area contributed by atoms with Gasteiger partial charge in [0.05, 0.1) is 13.2 Å². The van der Waals surface area contributed by atoms with Crippen molar-refractivity contribution in [1.82, 2.24) is 14.8 Å². The number of hydrogen-bond donors (Lipinski definition) is 0. The van der Waals surface area contributed by atoms with Crippen molar-refractivity contribution in [2.75, 3.05) is 34.8 Å². The van der Waals surface area contributed by atoms with Crippen LogP contribution in [-0.2, 0) is 6.54 Å². The maximum Gasteiger partial charge on any atom is 0.213 e. The third-order valence-corrected chi connectivity index (χ3v) is 3.17. The Morgan fingerprint density at radius 3 is 2.52 bits per heavy atom. The first kappa shape index (κ1) is 18.0. The zero-order valence-corrected chi connectivity index (χ0v) is 15.6. The van der Waals surface area contributed by atoms with E-state index in [1.165, 1.54) is 12.8 Å². The number of aromatic nitrogens is 1. The van der Waals surface area contributed by atoms with E-state index in [9.17, 15) is 0 Å². The van der Waals surface area contributed by atoms with E-state index in [1.54, 1.807) is 6.20 Å². The average molecular weight is 404 g/mol. The quantitative estimate of drug-likeness (QED) is 0.430. The fraction of sp³-hybridized carbons (Fsp3) is 0.600. The zero-order valence-electron chi connectivity index (χ0n) is 13.2. The number of pyridine rings is 1. The van der Waals surface area contributed by atoms with E-state index in [0.29, 0.717) is 12.4 Å². The van der Waals surface area contributed by atoms with E-state index in [1.807, 2.05) is 50.1 Å². The summed E-state index contributed by atoms with van der Waals surface area (Å²) in [5, 5.41) is 0. The van der Waals surface area contributed by atoms with Crippen molar-refractivity contribution >= 4 is 29.9 Å². The summed E-state index contributed by atoms with van der Waals surface area (Å²) in [4.78, 5) is 12.9. The molecule has 0 saturated heterocycles. The van der Waals surface area contributed by atoms with Crippen LogP contribution in [0.2, 0.25) is 0 Å². The Labute approximate surface area is 144 Å². The number of ether oxygens (including phenoxy) is 1. The Bertz CT molecular complexity index is 462. The molecule has 0 N–H and O–H groups in total. The molecule has 0 bridgehead atoms. The molecule has 0 amide bonds. The predicted molar refractivity (Wildman–Crippen MR) is 96.4 cm³/mol. The zero-order chi connectivity index (χ0) is 14.5. The lowest BCUT2D eigenvalue weighted by Gasteiger charge is -2.22. The smallest absolute Gasteiger partial charge is 0.213 e. The molecule has 1 heterocycles. The lowest BCUT2D eigenvalue weighted by molar-refractivity contribution is 0.288. The standard InChI is InChI=1S/C15H24N4O.HI/c1-18(2)15(19(3)4)17-10-13-7-8-16-14(9-13)20-11-12-5-6-12;/h7-9,12H,5-6,10-11H2,1-4H3;1H. The second-order valence-electron chi connectivity index (χ2n) is 5.66. The van der Waals surface area contributed by atoms with E-state index in [4.69, 9.17) is 4.74 Å². The summed E-state index contributed by atoms with van der Waals surface area (Å²) in [6.45, 7) is 1.42. The molecule has 0 unspecified atom stereocenters. The van der Waals surface area contributed by atoms with E-state index in [0.717, 1.165) is 24.0 Å². The summed E-state index contributed by atoms with van der Waals surface area (Å²) in [7, 11) is 7.98. The number of rotatable bonds is 5. The first-order valence-corrected chi connectivity index (χ1v) is 7.03. The van der Waals surface area contributed by atoms with Crippen molar-refractivity contribution in [2.24, 2.45) is 10.9 Å². The van der Waals surface area contributed by atoms with Crippen molar-refractivity contribution in [3.8, 4) is 5.88 Å². The van der Waals surface area contributed by atoms with Crippen LogP contribution in [0.25, 0.3) is 0 Å². The third kappa shape index (κ3) is 6.07. The van der Waals surface area contributed by atoms with Gasteiger partial charge in [-0.25, -0.2) is 9.98 Å². The molecule has 21 heavy (non-hydrogen) atoms. The second kappa shape index (κ2) is 8.41. The van der Waals surface area contributed by atoms with E-state index in [-0.39, 0.29) is 24.0 Å². The number of guanidine groups is 1. The largest absolute Gasteiger partial charge is 0.477 e. The Morgan fingerprint density at radius 2 is 1.95 bits per heavy atom. The number of nitrogens with zero attached hydrogens (tertiary/aromatic N) is 4. The third-order valence-electron chi connectivity index (χ3n) is 3.17. The van der Waals surface area contributed by atoms with Gasteiger partial charge in [-0.2, -0.15) is 0 Å². The van der Waals surface area contributed by atoms with Crippen LogP contribution in [0.1, 0.15) is 18.4 Å². The molecule has 1 fully saturated rings. The highest BCUT2D eigenvalue weighted by atomic mass is 127. The maximum absolute atomic E-state index is 5.69. The molecule has 0 radical (unpaired) electrons. The molecule has 5 nitrogen and oxygen atoms in total. The number of hydrogen-bond acceptors (Lipinski definition) is 3. The molecule has 118 valence electrons. The maximum atomic E-state index is 5.69. The average Bonchev–Trinajstić information content (AvgIpc) is 3.20. The van der Waals surface area contributed by atoms with Crippen LogP contribution < -0.4 is 4.74 Å². The summed E-state index contributed by atoms with van der Waals surface area (Å²) >= 11 is 0. The van der Waals surface area contributed by atoms with Crippen LogP contribution in [0.5, 0.6) is 5.88 Å². The van der Waals surface area contributed by atoms with Crippen LogP contribution in [0, 0.1) is 5.92 Å². The van der Waals surface area contributed by atoms with Crippen molar-refractivity contribution in [1.29, 1.82) is 0 Å². The van der Waals surface area contributed by atoms with Gasteiger partial charge in [0.15, 0.2) is 5.96 Å². The molecule has 0 aromatic carbocycles. The summed E-state index contributed by atoms with van der Waals surface area (Å²) in [6, 6.07) is 3.96. The monoisotopic (exact) mass is 404 g/mol. The molecule has 0 spiro atoms. The highest BCUT2D eigenvalue weighted by Gasteiger charge is 2.22. The summed E-state index contributed by atoms with van der Waals surface area (Å²) in [5.41, 5.74) is 1.12. The van der Waals surface area contributed by atoms with Crippen LogP contribution in [0.15, 0.2) is 23.3 Å². The number of aliphatic imine (C=N–C) groups is 1. The Hall–Kier alpha value is -1.05. The molecule has 2 rings (SSSR count). The van der Waals surface area contributed by atoms with Crippen molar-refractivity contribution in [3.63, 3.8) is 0 Å². The van der Waals surface area contributed by atoms with Crippen molar-refractivity contribution < 1.29 is 4.74 Å². The molecular formula is C15H25IN4O. The van der Waals surface area contributed by atoms with Crippen LogP contribution in [0.4, 0.5) is 0 Å². The first-order valence-electron chi connectivity index (χ1n) is 7.03. The Kier molecular flexibility index (Phi) is 7.21. The van der Waals surface area contributed by atoms with Crippen LogP contribution >= 0.6 is 24.0 Å². The molecule has 0 aliphatic heterocycles. The molecule has 0 atom stereocenters. The fourth-order valence-electron chi connectivity index (χ4n) is 1.96. The fourth-order valence-corrected chi connectivity index (χ4v) is 1.96. The predicted octanol–water partition coefficient (Wildman–Crippen LogP) is 2.47. The summed E-state index contributed by atoms with van der Waals surface area (Å²) in [5.74, 6) is 2.40. The molecule has 1 aromatic rings. The minimum absolute atomic E-state index is 0.